The lowest BCUT2D eigenvalue weighted by atomic mass is 10.2. The number of fused-ring (bicyclic) bond motifs is 1. The summed E-state index contributed by atoms with van der Waals surface area (Å²) in [6.45, 7) is 1.66. The summed E-state index contributed by atoms with van der Waals surface area (Å²) in [5.74, 6) is 0.858. The number of hydrogen-bond donors (Lipinski definition) is 1. The zero-order chi connectivity index (χ0) is 11.9. The maximum absolute atomic E-state index is 5.65. The highest BCUT2D eigenvalue weighted by Gasteiger charge is 2.25. The third-order valence-corrected chi connectivity index (χ3v) is 4.29. The molecule has 96 valence electrons. The molecule has 2 fully saturated rings. The first-order valence-corrected chi connectivity index (χ1v) is 7.28. The van der Waals surface area contributed by atoms with E-state index in [9.17, 15) is 0 Å². The van der Waals surface area contributed by atoms with Crippen molar-refractivity contribution < 1.29 is 4.74 Å². The molecule has 7 heteroatoms. The Morgan fingerprint density at radius 1 is 1.33 bits per heavy atom. The average molecular weight is 265 g/mol. The average Bonchev–Trinajstić information content (AvgIpc) is 2.81. The summed E-state index contributed by atoms with van der Waals surface area (Å²) in [6.07, 6.45) is 4.79. The molecule has 1 aliphatic carbocycles. The Morgan fingerprint density at radius 2 is 2.28 bits per heavy atom. The van der Waals surface area contributed by atoms with Crippen molar-refractivity contribution in [2.24, 2.45) is 0 Å². The van der Waals surface area contributed by atoms with E-state index in [4.69, 9.17) is 4.74 Å². The molecular formula is C11H15N5OS. The molecule has 0 spiro atoms. The van der Waals surface area contributed by atoms with Gasteiger partial charge in [-0.1, -0.05) is 11.3 Å². The fourth-order valence-electron chi connectivity index (χ4n) is 2.24. The van der Waals surface area contributed by atoms with Crippen LogP contribution in [0.5, 0.6) is 0 Å². The number of nitrogens with one attached hydrogen (secondary N) is 1. The Kier molecular flexibility index (Phi) is 2.56. The lowest BCUT2D eigenvalue weighted by molar-refractivity contribution is 0.103. The third-order valence-electron chi connectivity index (χ3n) is 3.39. The molecule has 0 aromatic carbocycles. The van der Waals surface area contributed by atoms with Gasteiger partial charge in [0.15, 0.2) is 5.82 Å². The number of hydrogen-bond acceptors (Lipinski definition) is 6. The Balaban J connectivity index is 1.59. The maximum Gasteiger partial charge on any atom is 0.234 e. The molecular weight excluding hydrogens is 250 g/mol. The molecule has 1 atom stereocenters. The predicted molar refractivity (Wildman–Crippen MR) is 66.4 cm³/mol. The second kappa shape index (κ2) is 4.25. The molecule has 4 rings (SSSR count). The van der Waals surface area contributed by atoms with Gasteiger partial charge in [0, 0.05) is 19.2 Å². The molecule has 6 nitrogen and oxygen atoms in total. The summed E-state index contributed by atoms with van der Waals surface area (Å²) < 4.78 is 7.50. The van der Waals surface area contributed by atoms with Crippen LogP contribution in [0.1, 0.15) is 42.6 Å². The van der Waals surface area contributed by atoms with Gasteiger partial charge in [0.05, 0.1) is 0 Å². The summed E-state index contributed by atoms with van der Waals surface area (Å²) in [5.41, 5.74) is 0. The van der Waals surface area contributed by atoms with Crippen LogP contribution in [0.3, 0.4) is 0 Å². The topological polar surface area (TPSA) is 64.3 Å². The van der Waals surface area contributed by atoms with Gasteiger partial charge in [0.25, 0.3) is 0 Å². The smallest absolute Gasteiger partial charge is 0.234 e. The Hall–Kier alpha value is -1.05. The maximum atomic E-state index is 5.65. The van der Waals surface area contributed by atoms with Crippen molar-refractivity contribution in [2.45, 2.75) is 44.4 Å². The van der Waals surface area contributed by atoms with Crippen LogP contribution in [0.25, 0.3) is 4.96 Å². The van der Waals surface area contributed by atoms with Crippen molar-refractivity contribution in [3.63, 3.8) is 0 Å². The largest absolute Gasteiger partial charge is 0.370 e. The number of rotatable bonds is 4. The normalized spacial score (nSPS) is 24.1. The van der Waals surface area contributed by atoms with Crippen molar-refractivity contribution in [1.29, 1.82) is 0 Å². The van der Waals surface area contributed by atoms with Crippen molar-refractivity contribution >= 4 is 16.3 Å². The molecule has 1 N–H and O–H groups in total. The van der Waals surface area contributed by atoms with Gasteiger partial charge in [-0.25, -0.2) is 0 Å². The van der Waals surface area contributed by atoms with Crippen LogP contribution in [0, 0.1) is 0 Å². The summed E-state index contributed by atoms with van der Waals surface area (Å²) in [5, 5.41) is 17.5. The lowest BCUT2D eigenvalue weighted by Gasteiger charge is -2.04. The fraction of sp³-hybridized carbons (Fsp3) is 0.727. The molecule has 3 heterocycles. The number of aromatic nitrogens is 4. The van der Waals surface area contributed by atoms with Crippen LogP contribution in [0.15, 0.2) is 0 Å². The minimum atomic E-state index is 0.0753. The molecule has 0 amide bonds. The Morgan fingerprint density at radius 3 is 3.06 bits per heavy atom. The van der Waals surface area contributed by atoms with Gasteiger partial charge in [0.1, 0.15) is 11.1 Å². The first kappa shape index (κ1) is 10.8. The van der Waals surface area contributed by atoms with Gasteiger partial charge in [-0.15, -0.1) is 10.2 Å². The van der Waals surface area contributed by atoms with E-state index in [0.29, 0.717) is 6.04 Å². The molecule has 0 radical (unpaired) electrons. The zero-order valence-corrected chi connectivity index (χ0v) is 10.8. The van der Waals surface area contributed by atoms with Crippen LogP contribution in [-0.2, 0) is 11.3 Å². The lowest BCUT2D eigenvalue weighted by Crippen LogP contribution is -2.15. The Bertz CT molecular complexity index is 555. The number of nitrogens with zero attached hydrogens (tertiary/aromatic N) is 4. The highest BCUT2D eigenvalue weighted by Crippen LogP contribution is 2.28. The zero-order valence-electron chi connectivity index (χ0n) is 10.0. The summed E-state index contributed by atoms with van der Waals surface area (Å²) in [7, 11) is 0. The van der Waals surface area contributed by atoms with E-state index in [0.717, 1.165) is 41.8 Å². The van der Waals surface area contributed by atoms with E-state index in [-0.39, 0.29) is 6.10 Å². The molecule has 2 aromatic heterocycles. The first-order chi connectivity index (χ1) is 8.90. The van der Waals surface area contributed by atoms with Gasteiger partial charge in [0.2, 0.25) is 4.96 Å². The van der Waals surface area contributed by atoms with Crippen LogP contribution in [0.4, 0.5) is 0 Å². The summed E-state index contributed by atoms with van der Waals surface area (Å²) in [4.78, 5) is 0.869. The van der Waals surface area contributed by atoms with Crippen molar-refractivity contribution in [1.82, 2.24) is 25.1 Å². The van der Waals surface area contributed by atoms with Crippen LogP contribution < -0.4 is 5.32 Å². The third kappa shape index (κ3) is 1.92. The van der Waals surface area contributed by atoms with Crippen LogP contribution in [-0.4, -0.2) is 32.5 Å². The molecule has 1 saturated carbocycles. The van der Waals surface area contributed by atoms with E-state index in [2.05, 4.69) is 20.6 Å². The van der Waals surface area contributed by atoms with Crippen LogP contribution in [0.2, 0.25) is 0 Å². The highest BCUT2D eigenvalue weighted by molar-refractivity contribution is 7.16. The quantitative estimate of drug-likeness (QED) is 0.902. The van der Waals surface area contributed by atoms with Crippen molar-refractivity contribution in [3.05, 3.63) is 10.8 Å². The van der Waals surface area contributed by atoms with Gasteiger partial charge < -0.3 is 10.1 Å². The van der Waals surface area contributed by atoms with Gasteiger partial charge in [-0.2, -0.15) is 9.61 Å². The molecule has 1 saturated heterocycles. The highest BCUT2D eigenvalue weighted by atomic mass is 32.1. The molecule has 2 aliphatic rings. The monoisotopic (exact) mass is 265 g/mol. The standard InChI is InChI=1S/C11H15N5OS/c1-2-8(17-5-1)10-13-14-11-16(10)15-9(18-11)6-12-7-3-4-7/h7-8,12H,1-6H2. The SMILES string of the molecule is C1COC(c2nnc3sc(CNC4CC4)nn23)C1. The van der Waals surface area contributed by atoms with Gasteiger partial charge in [-0.3, -0.25) is 0 Å². The van der Waals surface area contributed by atoms with E-state index < -0.39 is 0 Å². The predicted octanol–water partition coefficient (Wildman–Crippen LogP) is 1.29. The van der Waals surface area contributed by atoms with E-state index >= 15 is 0 Å². The van der Waals surface area contributed by atoms with E-state index in [1.165, 1.54) is 12.8 Å². The minimum Gasteiger partial charge on any atom is -0.370 e. The van der Waals surface area contributed by atoms with Gasteiger partial charge in [-0.05, 0) is 25.7 Å². The van der Waals surface area contributed by atoms with Crippen LogP contribution >= 0.6 is 11.3 Å². The molecule has 18 heavy (non-hydrogen) atoms. The molecule has 1 unspecified atom stereocenters. The van der Waals surface area contributed by atoms with Gasteiger partial charge >= 0.3 is 0 Å². The second-order valence-corrected chi connectivity index (χ2v) is 5.95. The first-order valence-electron chi connectivity index (χ1n) is 6.46. The van der Waals surface area contributed by atoms with E-state index in [1.807, 2.05) is 4.52 Å². The van der Waals surface area contributed by atoms with E-state index in [1.54, 1.807) is 11.3 Å². The van der Waals surface area contributed by atoms with Crippen molar-refractivity contribution in [3.8, 4) is 0 Å². The molecule has 2 aromatic rings. The summed E-state index contributed by atoms with van der Waals surface area (Å²) in [6, 6.07) is 0.706. The number of ether oxygens (including phenoxy) is 1. The second-order valence-electron chi connectivity index (χ2n) is 4.91. The summed E-state index contributed by atoms with van der Waals surface area (Å²) >= 11 is 1.61. The molecule has 1 aliphatic heterocycles. The minimum absolute atomic E-state index is 0.0753. The molecule has 0 bridgehead atoms. The Labute approximate surface area is 108 Å². The van der Waals surface area contributed by atoms with Crippen molar-refractivity contribution in [2.75, 3.05) is 6.61 Å². The fourth-order valence-corrected chi connectivity index (χ4v) is 3.04.